The molecule has 146 valence electrons. The molecule has 0 aliphatic heterocycles. The summed E-state index contributed by atoms with van der Waals surface area (Å²) in [6.07, 6.45) is 0.123. The van der Waals surface area contributed by atoms with Crippen LogP contribution in [0, 0.1) is 0 Å². The summed E-state index contributed by atoms with van der Waals surface area (Å²) in [6, 6.07) is 12.0. The molecule has 0 saturated heterocycles. The smallest absolute Gasteiger partial charge is 0.293 e. The van der Waals surface area contributed by atoms with Gasteiger partial charge < -0.3 is 24.5 Å². The lowest BCUT2D eigenvalue weighted by molar-refractivity contribution is -0.115. The monoisotopic (exact) mass is 402 g/mol. The molecule has 0 saturated carbocycles. The molecule has 2 aromatic carbocycles. The van der Waals surface area contributed by atoms with Crippen LogP contribution in [0.4, 0.5) is 11.4 Å². The third-order valence-corrected chi connectivity index (χ3v) is 4.22. The van der Waals surface area contributed by atoms with Gasteiger partial charge in [0.05, 0.1) is 14.2 Å². The molecule has 0 fully saturated rings. The van der Waals surface area contributed by atoms with Crippen molar-refractivity contribution >= 4 is 45.8 Å². The lowest BCUT2D eigenvalue weighted by Gasteiger charge is -2.10. The Morgan fingerprint density at radius 1 is 1.04 bits per heavy atom. The maximum absolute atomic E-state index is 12.8. The molecule has 3 aromatic rings. The van der Waals surface area contributed by atoms with Crippen molar-refractivity contribution in [1.82, 2.24) is 0 Å². The number of furan rings is 1. The fraction of sp³-hybridized carbons (Fsp3) is 0.200. The Morgan fingerprint density at radius 3 is 2.50 bits per heavy atom. The zero-order valence-corrected chi connectivity index (χ0v) is 16.1. The second-order valence-corrected chi connectivity index (χ2v) is 6.19. The van der Waals surface area contributed by atoms with Crippen LogP contribution in [0.15, 0.2) is 46.9 Å². The van der Waals surface area contributed by atoms with Gasteiger partial charge in [0.15, 0.2) is 11.5 Å². The quantitative estimate of drug-likeness (QED) is 0.576. The predicted molar refractivity (Wildman–Crippen MR) is 108 cm³/mol. The second-order valence-electron chi connectivity index (χ2n) is 5.81. The summed E-state index contributed by atoms with van der Waals surface area (Å²) >= 11 is 5.63. The van der Waals surface area contributed by atoms with Crippen molar-refractivity contribution in [1.29, 1.82) is 0 Å². The molecule has 3 rings (SSSR count). The molecule has 0 spiro atoms. The minimum Gasteiger partial charge on any atom is -0.493 e. The van der Waals surface area contributed by atoms with Gasteiger partial charge in [0.2, 0.25) is 11.7 Å². The minimum absolute atomic E-state index is 0.00101. The fourth-order valence-electron chi connectivity index (χ4n) is 2.72. The standard InChI is InChI=1S/C20H19ClN2O5/c1-26-15-8-7-12(11-16(15)27-2)22-20(25)19-18(23-17(24)9-10-21)13-5-3-4-6-14(13)28-19/h3-8,11H,9-10H2,1-2H3,(H,22,25)(H,23,24). The number of anilines is 2. The molecule has 0 unspecified atom stereocenters. The first-order valence-electron chi connectivity index (χ1n) is 8.48. The van der Waals surface area contributed by atoms with Gasteiger partial charge in [-0.1, -0.05) is 12.1 Å². The lowest BCUT2D eigenvalue weighted by Crippen LogP contribution is -2.17. The zero-order valence-electron chi connectivity index (χ0n) is 15.4. The number of alkyl halides is 1. The third-order valence-electron chi connectivity index (χ3n) is 4.03. The molecule has 2 amide bonds. The van der Waals surface area contributed by atoms with E-state index in [0.717, 1.165) is 0 Å². The molecule has 7 nitrogen and oxygen atoms in total. The Morgan fingerprint density at radius 2 is 1.79 bits per heavy atom. The van der Waals surface area contributed by atoms with E-state index >= 15 is 0 Å². The number of carbonyl (C=O) groups is 2. The van der Waals surface area contributed by atoms with Gasteiger partial charge in [0.1, 0.15) is 11.3 Å². The van der Waals surface area contributed by atoms with E-state index in [1.165, 1.54) is 14.2 Å². The van der Waals surface area contributed by atoms with Gasteiger partial charge in [-0.2, -0.15) is 0 Å². The summed E-state index contributed by atoms with van der Waals surface area (Å²) in [5.74, 6) is 0.374. The molecule has 8 heteroatoms. The molecule has 1 heterocycles. The number of halogens is 1. The summed E-state index contributed by atoms with van der Waals surface area (Å²) in [5.41, 5.74) is 1.28. The highest BCUT2D eigenvalue weighted by molar-refractivity contribution is 6.20. The molecule has 0 bridgehead atoms. The first kappa shape index (κ1) is 19.6. The number of ether oxygens (including phenoxy) is 2. The van der Waals surface area contributed by atoms with E-state index in [0.29, 0.717) is 33.8 Å². The van der Waals surface area contributed by atoms with Gasteiger partial charge in [-0.25, -0.2) is 0 Å². The van der Waals surface area contributed by atoms with Crippen molar-refractivity contribution in [2.75, 3.05) is 30.7 Å². The predicted octanol–water partition coefficient (Wildman–Crippen LogP) is 4.27. The van der Waals surface area contributed by atoms with Gasteiger partial charge in [0, 0.05) is 29.4 Å². The highest BCUT2D eigenvalue weighted by Crippen LogP contribution is 2.33. The van der Waals surface area contributed by atoms with Crippen LogP contribution in [0.1, 0.15) is 17.0 Å². The summed E-state index contributed by atoms with van der Waals surface area (Å²) in [4.78, 5) is 24.9. The summed E-state index contributed by atoms with van der Waals surface area (Å²) < 4.78 is 16.1. The molecular formula is C20H19ClN2O5. The van der Waals surface area contributed by atoms with Gasteiger partial charge in [-0.3, -0.25) is 9.59 Å². The summed E-state index contributed by atoms with van der Waals surface area (Å²) in [5, 5.41) is 6.09. The van der Waals surface area contributed by atoms with Crippen molar-refractivity contribution in [2.24, 2.45) is 0 Å². The highest BCUT2D eigenvalue weighted by Gasteiger charge is 2.22. The average molecular weight is 403 g/mol. The van der Waals surface area contributed by atoms with E-state index in [1.54, 1.807) is 42.5 Å². The highest BCUT2D eigenvalue weighted by atomic mass is 35.5. The van der Waals surface area contributed by atoms with E-state index in [4.69, 9.17) is 25.5 Å². The van der Waals surface area contributed by atoms with E-state index in [9.17, 15) is 9.59 Å². The van der Waals surface area contributed by atoms with Crippen molar-refractivity contribution in [2.45, 2.75) is 6.42 Å². The lowest BCUT2D eigenvalue weighted by atomic mass is 10.2. The summed E-state index contributed by atoms with van der Waals surface area (Å²) in [6.45, 7) is 0. The van der Waals surface area contributed by atoms with Crippen LogP contribution < -0.4 is 20.1 Å². The third kappa shape index (κ3) is 4.04. The Hall–Kier alpha value is -3.19. The Balaban J connectivity index is 1.94. The SMILES string of the molecule is COc1ccc(NC(=O)c2oc3ccccc3c2NC(=O)CCCl)cc1OC. The van der Waals surface area contributed by atoms with Gasteiger partial charge in [0.25, 0.3) is 5.91 Å². The van der Waals surface area contributed by atoms with Crippen molar-refractivity contribution < 1.29 is 23.5 Å². The molecule has 1 aromatic heterocycles. The Labute approximate surface area is 166 Å². The van der Waals surface area contributed by atoms with Crippen LogP contribution in [-0.4, -0.2) is 31.9 Å². The van der Waals surface area contributed by atoms with Crippen LogP contribution >= 0.6 is 11.6 Å². The number of amides is 2. The molecule has 0 atom stereocenters. The first-order valence-corrected chi connectivity index (χ1v) is 9.01. The zero-order chi connectivity index (χ0) is 20.1. The maximum atomic E-state index is 12.8. The van der Waals surface area contributed by atoms with Gasteiger partial charge >= 0.3 is 0 Å². The number of methoxy groups -OCH3 is 2. The van der Waals surface area contributed by atoms with Gasteiger partial charge in [-0.05, 0) is 24.3 Å². The van der Waals surface area contributed by atoms with Crippen LogP contribution in [0.25, 0.3) is 11.0 Å². The number of hydrogen-bond acceptors (Lipinski definition) is 5. The Bertz CT molecular complexity index is 1010. The minimum atomic E-state index is -0.510. The first-order chi connectivity index (χ1) is 13.6. The normalized spacial score (nSPS) is 10.5. The van der Waals surface area contributed by atoms with E-state index < -0.39 is 5.91 Å². The van der Waals surface area contributed by atoms with Crippen molar-refractivity contribution in [3.63, 3.8) is 0 Å². The van der Waals surface area contributed by atoms with Crippen LogP contribution in [-0.2, 0) is 4.79 Å². The van der Waals surface area contributed by atoms with Crippen LogP contribution in [0.3, 0.4) is 0 Å². The molecule has 2 N–H and O–H groups in total. The van der Waals surface area contributed by atoms with Crippen molar-refractivity contribution in [3.05, 3.63) is 48.2 Å². The molecular weight excluding hydrogens is 384 g/mol. The molecule has 28 heavy (non-hydrogen) atoms. The summed E-state index contributed by atoms with van der Waals surface area (Å²) in [7, 11) is 3.04. The number of benzene rings is 2. The number of para-hydroxylation sites is 1. The molecule has 0 radical (unpaired) electrons. The second kappa shape index (κ2) is 8.67. The van der Waals surface area contributed by atoms with E-state index in [1.807, 2.05) is 0 Å². The largest absolute Gasteiger partial charge is 0.493 e. The number of rotatable bonds is 7. The topological polar surface area (TPSA) is 89.8 Å². The molecule has 0 aliphatic carbocycles. The number of nitrogens with one attached hydrogen (secondary N) is 2. The van der Waals surface area contributed by atoms with Crippen LogP contribution in [0.2, 0.25) is 0 Å². The van der Waals surface area contributed by atoms with Crippen molar-refractivity contribution in [3.8, 4) is 11.5 Å². The Kier molecular flexibility index (Phi) is 6.06. The van der Waals surface area contributed by atoms with Crippen LogP contribution in [0.5, 0.6) is 11.5 Å². The molecule has 0 aliphatic rings. The fourth-order valence-corrected chi connectivity index (χ4v) is 2.89. The average Bonchev–Trinajstić information content (AvgIpc) is 3.06. The van der Waals surface area contributed by atoms with Gasteiger partial charge in [-0.15, -0.1) is 11.6 Å². The maximum Gasteiger partial charge on any atom is 0.293 e. The number of carbonyl (C=O) groups excluding carboxylic acids is 2. The van der Waals surface area contributed by atoms with E-state index in [2.05, 4.69) is 10.6 Å². The number of hydrogen-bond donors (Lipinski definition) is 2. The van der Waals surface area contributed by atoms with E-state index in [-0.39, 0.29) is 24.0 Å². The number of fused-ring (bicyclic) bond motifs is 1.